The molecule has 0 aliphatic rings. The number of carbonyl (C=O) groups is 8. The van der Waals surface area contributed by atoms with Gasteiger partial charge < -0.3 is 39.4 Å². The summed E-state index contributed by atoms with van der Waals surface area (Å²) in [7, 11) is 0. The minimum Gasteiger partial charge on any atom is -0.478 e. The van der Waals surface area contributed by atoms with Gasteiger partial charge in [-0.3, -0.25) is 9.59 Å². The molecule has 0 fully saturated rings. The van der Waals surface area contributed by atoms with Crippen molar-refractivity contribution in [2.45, 2.75) is 25.7 Å². The molecular formula is C28H26O16. The summed E-state index contributed by atoms with van der Waals surface area (Å²) in [5, 5.41) is 36.3. The van der Waals surface area contributed by atoms with E-state index in [9.17, 15) is 38.4 Å². The molecule has 0 heterocycles. The molecule has 0 radical (unpaired) electrons. The van der Waals surface area contributed by atoms with Crippen LogP contribution in [-0.4, -0.2) is 94.6 Å². The molecule has 44 heavy (non-hydrogen) atoms. The predicted molar refractivity (Wildman–Crippen MR) is 142 cm³/mol. The maximum Gasteiger partial charge on any atom is 0.338 e. The molecule has 0 atom stereocenters. The fourth-order valence-electron chi connectivity index (χ4n) is 3.40. The highest BCUT2D eigenvalue weighted by molar-refractivity contribution is 6.04. The average Bonchev–Trinajstić information content (AvgIpc) is 2.98. The summed E-state index contributed by atoms with van der Waals surface area (Å²) in [6, 6.07) is 5.90. The minimum absolute atomic E-state index is 0.0843. The molecule has 0 aliphatic heterocycles. The summed E-state index contributed by atoms with van der Waals surface area (Å²) in [4.78, 5) is 92.4. The Bertz CT molecular complexity index is 1350. The Hall–Kier alpha value is -5.80. The molecule has 2 aromatic rings. The predicted octanol–water partition coefficient (Wildman–Crippen LogP) is 2.14. The van der Waals surface area contributed by atoms with Crippen LogP contribution in [0.3, 0.4) is 0 Å². The topological polar surface area (TPSA) is 254 Å². The smallest absolute Gasteiger partial charge is 0.338 e. The van der Waals surface area contributed by atoms with Gasteiger partial charge in [0.1, 0.15) is 0 Å². The largest absolute Gasteiger partial charge is 0.478 e. The van der Waals surface area contributed by atoms with Gasteiger partial charge in [0.15, 0.2) is 0 Å². The number of carbonyl (C=O) groups excluding carboxylic acids is 4. The zero-order chi connectivity index (χ0) is 32.8. The van der Waals surface area contributed by atoms with Crippen LogP contribution in [0.2, 0.25) is 0 Å². The highest BCUT2D eigenvalue weighted by atomic mass is 16.6. The quantitative estimate of drug-likeness (QED) is 0.112. The first-order chi connectivity index (χ1) is 20.8. The Morgan fingerprint density at radius 2 is 0.773 bits per heavy atom. The zero-order valence-electron chi connectivity index (χ0n) is 22.8. The number of esters is 4. The second kappa shape index (κ2) is 16.6. The van der Waals surface area contributed by atoms with Crippen molar-refractivity contribution in [3.63, 3.8) is 0 Å². The number of carboxylic acid groups (broad SMARTS) is 4. The highest BCUT2D eigenvalue weighted by Gasteiger charge is 2.20. The maximum atomic E-state index is 12.1. The van der Waals surface area contributed by atoms with Gasteiger partial charge in [0, 0.05) is 12.8 Å². The number of aromatic carboxylic acids is 4. The molecule has 0 bridgehead atoms. The summed E-state index contributed by atoms with van der Waals surface area (Å²) in [5.41, 5.74) is -2.50. The lowest BCUT2D eigenvalue weighted by Crippen LogP contribution is -2.15. The fraction of sp³-hybridized carbons (Fsp3) is 0.286. The van der Waals surface area contributed by atoms with E-state index in [2.05, 4.69) is 0 Å². The van der Waals surface area contributed by atoms with Gasteiger partial charge in [-0.15, -0.1) is 0 Å². The van der Waals surface area contributed by atoms with Crippen molar-refractivity contribution in [3.05, 3.63) is 69.8 Å². The number of benzene rings is 2. The molecular weight excluding hydrogens is 592 g/mol. The van der Waals surface area contributed by atoms with Crippen LogP contribution in [0.1, 0.15) is 87.8 Å². The number of hydrogen-bond donors (Lipinski definition) is 4. The third-order valence-corrected chi connectivity index (χ3v) is 5.54. The minimum atomic E-state index is -1.53. The van der Waals surface area contributed by atoms with Crippen LogP contribution in [0.4, 0.5) is 0 Å². The summed E-state index contributed by atoms with van der Waals surface area (Å²) < 4.78 is 19.7. The molecule has 0 amide bonds. The van der Waals surface area contributed by atoms with Crippen molar-refractivity contribution in [1.82, 2.24) is 0 Å². The summed E-state index contributed by atoms with van der Waals surface area (Å²) in [6.45, 7) is -0.706. The molecule has 16 heteroatoms. The van der Waals surface area contributed by atoms with Crippen molar-refractivity contribution in [1.29, 1.82) is 0 Å². The van der Waals surface area contributed by atoms with E-state index < -0.39 is 70.0 Å². The van der Waals surface area contributed by atoms with Gasteiger partial charge in [0.25, 0.3) is 0 Å². The molecule has 2 aromatic carbocycles. The van der Waals surface area contributed by atoms with Gasteiger partial charge in [-0.1, -0.05) is 0 Å². The van der Waals surface area contributed by atoms with Crippen molar-refractivity contribution in [2.24, 2.45) is 0 Å². The van der Waals surface area contributed by atoms with Crippen LogP contribution in [0.15, 0.2) is 36.4 Å². The zero-order valence-corrected chi connectivity index (χ0v) is 22.8. The molecule has 16 nitrogen and oxygen atoms in total. The first-order valence-corrected chi connectivity index (χ1v) is 12.7. The molecule has 234 valence electrons. The number of carboxylic acids is 4. The van der Waals surface area contributed by atoms with Crippen molar-refractivity contribution >= 4 is 47.8 Å². The van der Waals surface area contributed by atoms with Gasteiger partial charge in [0.05, 0.1) is 72.6 Å². The third kappa shape index (κ3) is 10.6. The summed E-state index contributed by atoms with van der Waals surface area (Å²) in [5.74, 6) is -9.28. The summed E-state index contributed by atoms with van der Waals surface area (Å²) in [6.07, 6.45) is -0.443. The standard InChI is InChI=1S/C28H26O16/c29-21(41-9-1-11-43-27(39)15-3-5-17(23(31)32)19(13-15)25(35)36)7-8-22(30)42-10-2-12-44-28(40)16-4-6-18(24(33)34)20(14-16)26(37)38/h3-6,13-14H,1-2,7-12H2,(H,31,32)(H,33,34)(H,35,36)(H,37,38). The second-order valence-electron chi connectivity index (χ2n) is 8.66. The van der Waals surface area contributed by atoms with Gasteiger partial charge in [0.2, 0.25) is 0 Å². The first kappa shape index (κ1) is 34.4. The van der Waals surface area contributed by atoms with E-state index in [4.69, 9.17) is 39.4 Å². The Balaban J connectivity index is 1.60. The molecule has 0 aromatic heterocycles. The Kier molecular flexibility index (Phi) is 13.0. The van der Waals surface area contributed by atoms with E-state index in [-0.39, 0.29) is 63.2 Å². The van der Waals surface area contributed by atoms with Gasteiger partial charge in [-0.2, -0.15) is 0 Å². The molecule has 4 N–H and O–H groups in total. The van der Waals surface area contributed by atoms with Crippen LogP contribution in [0.5, 0.6) is 0 Å². The Morgan fingerprint density at radius 3 is 1.09 bits per heavy atom. The lowest BCUT2D eigenvalue weighted by atomic mass is 10.0. The van der Waals surface area contributed by atoms with E-state index in [0.717, 1.165) is 36.4 Å². The van der Waals surface area contributed by atoms with Crippen LogP contribution in [-0.2, 0) is 28.5 Å². The third-order valence-electron chi connectivity index (χ3n) is 5.54. The highest BCUT2D eigenvalue weighted by Crippen LogP contribution is 2.15. The van der Waals surface area contributed by atoms with Gasteiger partial charge in [-0.05, 0) is 36.4 Å². The van der Waals surface area contributed by atoms with E-state index in [1.165, 1.54) is 0 Å². The SMILES string of the molecule is O=C(CCC(=O)OCCCOC(=O)c1ccc(C(=O)O)c(C(=O)O)c1)OCCCOC(=O)c1ccc(C(=O)O)c(C(=O)O)c1. The monoisotopic (exact) mass is 618 g/mol. The molecule has 2 rings (SSSR count). The molecule has 0 aliphatic carbocycles. The van der Waals surface area contributed by atoms with Crippen molar-refractivity contribution in [3.8, 4) is 0 Å². The molecule has 0 spiro atoms. The molecule has 0 saturated heterocycles. The first-order valence-electron chi connectivity index (χ1n) is 12.7. The van der Waals surface area contributed by atoms with Gasteiger partial charge in [-0.25, -0.2) is 28.8 Å². The maximum absolute atomic E-state index is 12.1. The summed E-state index contributed by atoms with van der Waals surface area (Å²) >= 11 is 0. The Morgan fingerprint density at radius 1 is 0.455 bits per heavy atom. The van der Waals surface area contributed by atoms with Crippen LogP contribution in [0, 0.1) is 0 Å². The number of hydrogen-bond acceptors (Lipinski definition) is 12. The van der Waals surface area contributed by atoms with Crippen molar-refractivity contribution < 1.29 is 77.7 Å². The lowest BCUT2D eigenvalue weighted by Gasteiger charge is -2.08. The average molecular weight is 619 g/mol. The van der Waals surface area contributed by atoms with Crippen molar-refractivity contribution in [2.75, 3.05) is 26.4 Å². The normalized spacial score (nSPS) is 10.3. The van der Waals surface area contributed by atoms with E-state index >= 15 is 0 Å². The van der Waals surface area contributed by atoms with Gasteiger partial charge >= 0.3 is 47.8 Å². The van der Waals surface area contributed by atoms with E-state index in [0.29, 0.717) is 0 Å². The number of ether oxygens (including phenoxy) is 4. The molecule has 0 unspecified atom stereocenters. The van der Waals surface area contributed by atoms with Crippen LogP contribution < -0.4 is 0 Å². The van der Waals surface area contributed by atoms with Crippen LogP contribution in [0.25, 0.3) is 0 Å². The van der Waals surface area contributed by atoms with E-state index in [1.54, 1.807) is 0 Å². The molecule has 0 saturated carbocycles. The van der Waals surface area contributed by atoms with E-state index in [1.807, 2.05) is 0 Å². The van der Waals surface area contributed by atoms with Crippen LogP contribution >= 0.6 is 0 Å². The fourth-order valence-corrected chi connectivity index (χ4v) is 3.40. The number of rotatable bonds is 17. The lowest BCUT2D eigenvalue weighted by molar-refractivity contribution is -0.150. The second-order valence-corrected chi connectivity index (χ2v) is 8.66. The Labute approximate surface area is 247 Å².